The Kier molecular flexibility index (Phi) is 3.21. The topological polar surface area (TPSA) is 35.2 Å². The van der Waals surface area contributed by atoms with Crippen molar-refractivity contribution in [1.82, 2.24) is 0 Å². The summed E-state index contributed by atoms with van der Waals surface area (Å²) in [5, 5.41) is 4.26. The Bertz CT molecular complexity index is 273. The van der Waals surface area contributed by atoms with Crippen molar-refractivity contribution in [2.45, 2.75) is 31.9 Å². The lowest BCUT2D eigenvalue weighted by molar-refractivity contribution is 0.0726. The molecular formula is C11H17NOS. The summed E-state index contributed by atoms with van der Waals surface area (Å²) in [6.45, 7) is 3.11. The summed E-state index contributed by atoms with van der Waals surface area (Å²) in [7, 11) is 0. The molecule has 1 fully saturated rings. The molecule has 78 valence electrons. The van der Waals surface area contributed by atoms with Gasteiger partial charge in [0.25, 0.3) is 0 Å². The first-order valence-electron chi connectivity index (χ1n) is 5.15. The zero-order valence-electron chi connectivity index (χ0n) is 8.48. The van der Waals surface area contributed by atoms with Crippen LogP contribution in [0.4, 0.5) is 0 Å². The average Bonchev–Trinajstić information content (AvgIpc) is 2.75. The van der Waals surface area contributed by atoms with Crippen LogP contribution in [0.1, 0.15) is 18.9 Å². The molecule has 2 rings (SSSR count). The highest BCUT2D eigenvalue weighted by Crippen LogP contribution is 2.23. The van der Waals surface area contributed by atoms with E-state index in [1.54, 1.807) is 11.3 Å². The van der Waals surface area contributed by atoms with Gasteiger partial charge in [-0.25, -0.2) is 0 Å². The molecule has 3 unspecified atom stereocenters. The van der Waals surface area contributed by atoms with Gasteiger partial charge in [0.1, 0.15) is 0 Å². The first kappa shape index (κ1) is 10.1. The molecule has 1 saturated heterocycles. The van der Waals surface area contributed by atoms with Gasteiger partial charge in [-0.2, -0.15) is 11.3 Å². The van der Waals surface area contributed by atoms with Gasteiger partial charge in [-0.1, -0.05) is 6.92 Å². The molecule has 1 aliphatic heterocycles. The van der Waals surface area contributed by atoms with Crippen molar-refractivity contribution in [2.24, 2.45) is 11.7 Å². The number of nitrogens with two attached hydrogens (primary N) is 1. The van der Waals surface area contributed by atoms with Crippen LogP contribution >= 0.6 is 11.3 Å². The highest BCUT2D eigenvalue weighted by molar-refractivity contribution is 7.07. The van der Waals surface area contributed by atoms with Crippen molar-refractivity contribution in [3.8, 4) is 0 Å². The van der Waals surface area contributed by atoms with E-state index in [9.17, 15) is 0 Å². The van der Waals surface area contributed by atoms with Crippen LogP contribution in [0.5, 0.6) is 0 Å². The molecule has 2 heterocycles. The largest absolute Gasteiger partial charge is 0.376 e. The van der Waals surface area contributed by atoms with Gasteiger partial charge in [0.2, 0.25) is 0 Å². The van der Waals surface area contributed by atoms with Crippen molar-refractivity contribution in [3.05, 3.63) is 22.4 Å². The Labute approximate surface area is 89.1 Å². The summed E-state index contributed by atoms with van der Waals surface area (Å²) in [6, 6.07) is 2.30. The molecule has 0 amide bonds. The second-order valence-electron chi connectivity index (χ2n) is 4.10. The predicted molar refractivity (Wildman–Crippen MR) is 59.5 cm³/mol. The minimum atomic E-state index is 0.155. The maximum Gasteiger partial charge on any atom is 0.0755 e. The standard InChI is InChI=1S/C11H17NOS/c1-8-2-4-13-11(8)10(12)6-9-3-5-14-7-9/h3,5,7-8,10-11H,2,4,6,12H2,1H3. The third-order valence-corrected chi connectivity index (χ3v) is 3.65. The number of ether oxygens (including phenoxy) is 1. The Morgan fingerprint density at radius 3 is 3.14 bits per heavy atom. The Hall–Kier alpha value is -0.380. The minimum absolute atomic E-state index is 0.155. The normalized spacial score (nSPS) is 29.3. The highest BCUT2D eigenvalue weighted by atomic mass is 32.1. The number of rotatable bonds is 3. The summed E-state index contributed by atoms with van der Waals surface area (Å²) in [5.41, 5.74) is 7.48. The van der Waals surface area contributed by atoms with Gasteiger partial charge in [0.15, 0.2) is 0 Å². The number of hydrogen-bond acceptors (Lipinski definition) is 3. The molecular weight excluding hydrogens is 194 g/mol. The Balaban J connectivity index is 1.92. The van der Waals surface area contributed by atoms with Crippen molar-refractivity contribution in [1.29, 1.82) is 0 Å². The van der Waals surface area contributed by atoms with Crippen molar-refractivity contribution in [2.75, 3.05) is 6.61 Å². The van der Waals surface area contributed by atoms with E-state index in [0.29, 0.717) is 5.92 Å². The minimum Gasteiger partial charge on any atom is -0.376 e. The molecule has 0 spiro atoms. The molecule has 1 aromatic heterocycles. The van der Waals surface area contributed by atoms with Crippen LogP contribution in [-0.2, 0) is 11.2 Å². The zero-order chi connectivity index (χ0) is 9.97. The van der Waals surface area contributed by atoms with Crippen LogP contribution in [0.15, 0.2) is 16.8 Å². The van der Waals surface area contributed by atoms with Crippen molar-refractivity contribution in [3.63, 3.8) is 0 Å². The van der Waals surface area contributed by atoms with Crippen LogP contribution in [0.3, 0.4) is 0 Å². The number of hydrogen-bond donors (Lipinski definition) is 1. The first-order chi connectivity index (χ1) is 6.77. The van der Waals surface area contributed by atoms with Gasteiger partial charge in [0, 0.05) is 12.6 Å². The fourth-order valence-electron chi connectivity index (χ4n) is 2.06. The lowest BCUT2D eigenvalue weighted by atomic mass is 9.94. The Morgan fingerprint density at radius 2 is 2.57 bits per heavy atom. The van der Waals surface area contributed by atoms with E-state index >= 15 is 0 Å². The maximum atomic E-state index is 6.14. The van der Waals surface area contributed by atoms with Crippen molar-refractivity contribution >= 4 is 11.3 Å². The second-order valence-corrected chi connectivity index (χ2v) is 4.88. The summed E-state index contributed by atoms with van der Waals surface area (Å²) >= 11 is 1.73. The van der Waals surface area contributed by atoms with E-state index in [1.807, 2.05) is 0 Å². The lowest BCUT2D eigenvalue weighted by Crippen LogP contribution is -2.39. The lowest BCUT2D eigenvalue weighted by Gasteiger charge is -2.21. The van der Waals surface area contributed by atoms with Gasteiger partial charge in [-0.05, 0) is 41.1 Å². The monoisotopic (exact) mass is 211 g/mol. The van der Waals surface area contributed by atoms with Gasteiger partial charge >= 0.3 is 0 Å². The predicted octanol–water partition coefficient (Wildman–Crippen LogP) is 2.04. The van der Waals surface area contributed by atoms with E-state index in [-0.39, 0.29) is 12.1 Å². The molecule has 0 aliphatic carbocycles. The van der Waals surface area contributed by atoms with Gasteiger partial charge < -0.3 is 10.5 Å². The summed E-state index contributed by atoms with van der Waals surface area (Å²) in [5.74, 6) is 0.614. The molecule has 14 heavy (non-hydrogen) atoms. The summed E-state index contributed by atoms with van der Waals surface area (Å²) in [4.78, 5) is 0. The highest BCUT2D eigenvalue weighted by Gasteiger charge is 2.29. The SMILES string of the molecule is CC1CCOC1C(N)Cc1ccsc1. The van der Waals surface area contributed by atoms with Crippen LogP contribution in [0.2, 0.25) is 0 Å². The summed E-state index contributed by atoms with van der Waals surface area (Å²) < 4.78 is 5.65. The van der Waals surface area contributed by atoms with E-state index in [4.69, 9.17) is 10.5 Å². The van der Waals surface area contributed by atoms with Gasteiger partial charge in [0.05, 0.1) is 6.10 Å². The van der Waals surface area contributed by atoms with Crippen LogP contribution in [0.25, 0.3) is 0 Å². The molecule has 3 atom stereocenters. The van der Waals surface area contributed by atoms with E-state index in [2.05, 4.69) is 23.8 Å². The molecule has 0 radical (unpaired) electrons. The molecule has 1 aromatic rings. The second kappa shape index (κ2) is 4.43. The molecule has 0 aromatic carbocycles. The molecule has 0 saturated carbocycles. The fourth-order valence-corrected chi connectivity index (χ4v) is 2.74. The van der Waals surface area contributed by atoms with Crippen LogP contribution < -0.4 is 5.73 Å². The molecule has 1 aliphatic rings. The maximum absolute atomic E-state index is 6.14. The average molecular weight is 211 g/mol. The number of thiophene rings is 1. The van der Waals surface area contributed by atoms with Crippen LogP contribution in [0, 0.1) is 5.92 Å². The third-order valence-electron chi connectivity index (χ3n) is 2.92. The molecule has 0 bridgehead atoms. The molecule has 2 N–H and O–H groups in total. The third kappa shape index (κ3) is 2.16. The van der Waals surface area contributed by atoms with Crippen molar-refractivity contribution < 1.29 is 4.74 Å². The van der Waals surface area contributed by atoms with E-state index < -0.39 is 0 Å². The fraction of sp³-hybridized carbons (Fsp3) is 0.636. The van der Waals surface area contributed by atoms with Gasteiger partial charge in [-0.3, -0.25) is 0 Å². The van der Waals surface area contributed by atoms with E-state index in [0.717, 1.165) is 19.4 Å². The summed E-state index contributed by atoms with van der Waals surface area (Å²) in [6.07, 6.45) is 2.36. The first-order valence-corrected chi connectivity index (χ1v) is 6.10. The van der Waals surface area contributed by atoms with Gasteiger partial charge in [-0.15, -0.1) is 0 Å². The van der Waals surface area contributed by atoms with E-state index in [1.165, 1.54) is 5.56 Å². The zero-order valence-corrected chi connectivity index (χ0v) is 9.30. The molecule has 3 heteroatoms. The quantitative estimate of drug-likeness (QED) is 0.830. The van der Waals surface area contributed by atoms with Crippen LogP contribution in [-0.4, -0.2) is 18.8 Å². The molecule has 2 nitrogen and oxygen atoms in total. The smallest absolute Gasteiger partial charge is 0.0755 e. The Morgan fingerprint density at radius 1 is 1.71 bits per heavy atom.